The van der Waals surface area contributed by atoms with Gasteiger partial charge in [-0.15, -0.1) is 0 Å². The Morgan fingerprint density at radius 3 is 2.29 bits per heavy atom. The molecule has 0 bridgehead atoms. The average Bonchev–Trinajstić information content (AvgIpc) is 2.97. The number of carbonyl (C=O) groups is 2. The van der Waals surface area contributed by atoms with Crippen molar-refractivity contribution < 1.29 is 33.0 Å². The molecular formula is C32H38N2O7S. The molecule has 1 atom stereocenters. The van der Waals surface area contributed by atoms with Gasteiger partial charge in [0.05, 0.1) is 30.6 Å². The van der Waals surface area contributed by atoms with Gasteiger partial charge >= 0.3 is 6.09 Å². The maximum Gasteiger partial charge on any atom is 0.407 e. The van der Waals surface area contributed by atoms with Crippen LogP contribution in [0.2, 0.25) is 0 Å². The maximum atomic E-state index is 12.7. The van der Waals surface area contributed by atoms with Crippen LogP contribution in [0.1, 0.15) is 66.1 Å². The Labute approximate surface area is 247 Å². The first-order valence-electron chi connectivity index (χ1n) is 14.2. The van der Waals surface area contributed by atoms with Crippen molar-refractivity contribution in [3.8, 4) is 16.9 Å². The van der Waals surface area contributed by atoms with E-state index in [0.717, 1.165) is 55.1 Å². The first kappa shape index (κ1) is 31.1. The molecule has 9 nitrogen and oxygen atoms in total. The van der Waals surface area contributed by atoms with Crippen molar-refractivity contribution in [2.24, 2.45) is 0 Å². The quantitative estimate of drug-likeness (QED) is 0.256. The molecule has 0 aliphatic heterocycles. The highest BCUT2D eigenvalue weighted by Gasteiger charge is 2.22. The van der Waals surface area contributed by atoms with Gasteiger partial charge in [0.25, 0.3) is 5.91 Å². The molecule has 0 spiro atoms. The van der Waals surface area contributed by atoms with E-state index in [9.17, 15) is 28.2 Å². The number of nitrogens with one attached hydrogen (secondary N) is 1. The SMILES string of the molecule is CS(=O)(=O)NC(=O)c1ccc(-c2ccc(CCCN(C[C@@H](O)c3ccccc3)C(=O)O)cc2)cc1OC1CCCCC1. The summed E-state index contributed by atoms with van der Waals surface area (Å²) in [6.07, 6.45) is 5.23. The van der Waals surface area contributed by atoms with Gasteiger partial charge in [-0.3, -0.25) is 4.79 Å². The lowest BCUT2D eigenvalue weighted by atomic mass is 9.97. The third kappa shape index (κ3) is 9.06. The van der Waals surface area contributed by atoms with Crippen molar-refractivity contribution in [3.05, 3.63) is 89.5 Å². The second kappa shape index (κ2) is 14.3. The molecule has 1 aliphatic rings. The summed E-state index contributed by atoms with van der Waals surface area (Å²) in [4.78, 5) is 25.7. The predicted octanol–water partition coefficient (Wildman–Crippen LogP) is 5.40. The third-order valence-electron chi connectivity index (χ3n) is 7.38. The van der Waals surface area contributed by atoms with E-state index in [0.29, 0.717) is 30.7 Å². The van der Waals surface area contributed by atoms with Gasteiger partial charge in [0.1, 0.15) is 5.75 Å². The van der Waals surface area contributed by atoms with Gasteiger partial charge in [0.15, 0.2) is 0 Å². The summed E-state index contributed by atoms with van der Waals surface area (Å²) in [7, 11) is -3.73. The highest BCUT2D eigenvalue weighted by Crippen LogP contribution is 2.31. The lowest BCUT2D eigenvalue weighted by molar-refractivity contribution is 0.0961. The molecule has 0 heterocycles. The maximum absolute atomic E-state index is 12.7. The summed E-state index contributed by atoms with van der Waals surface area (Å²) in [5.74, 6) is -0.368. The van der Waals surface area contributed by atoms with Crippen LogP contribution in [-0.2, 0) is 16.4 Å². The first-order chi connectivity index (χ1) is 20.1. The Bertz CT molecular complexity index is 1450. The normalized spacial score (nSPS) is 14.6. The van der Waals surface area contributed by atoms with Crippen molar-refractivity contribution in [1.29, 1.82) is 0 Å². The monoisotopic (exact) mass is 594 g/mol. The van der Waals surface area contributed by atoms with Crippen LogP contribution in [0.4, 0.5) is 4.79 Å². The number of aryl methyl sites for hydroxylation is 1. The molecule has 1 saturated carbocycles. The molecule has 42 heavy (non-hydrogen) atoms. The lowest BCUT2D eigenvalue weighted by Gasteiger charge is -2.24. The predicted molar refractivity (Wildman–Crippen MR) is 161 cm³/mol. The molecule has 10 heteroatoms. The number of aliphatic hydroxyl groups is 1. The van der Waals surface area contributed by atoms with Gasteiger partial charge in [-0.25, -0.2) is 17.9 Å². The molecule has 3 aromatic carbocycles. The minimum atomic E-state index is -3.73. The molecule has 224 valence electrons. The number of rotatable bonds is 12. The van der Waals surface area contributed by atoms with Crippen LogP contribution in [-0.4, -0.2) is 61.0 Å². The summed E-state index contributed by atoms with van der Waals surface area (Å²) in [5, 5.41) is 20.1. The molecule has 0 radical (unpaired) electrons. The molecule has 1 fully saturated rings. The molecule has 0 unspecified atom stereocenters. The second-order valence-electron chi connectivity index (χ2n) is 10.7. The van der Waals surface area contributed by atoms with Crippen molar-refractivity contribution in [3.63, 3.8) is 0 Å². The standard InChI is InChI=1S/C32H38N2O7S/c1-42(39,40)33-31(36)28-19-18-26(21-30(28)41-27-12-6-3-7-13-27)24-16-14-23(15-17-24)9-8-20-34(32(37)38)22-29(35)25-10-4-2-5-11-25/h2,4-5,10-11,14-19,21,27,29,35H,3,6-9,12-13,20,22H2,1H3,(H,33,36)(H,37,38)/t29-/m1/s1. The molecule has 2 amide bonds. The molecule has 0 aromatic heterocycles. The number of hydrogen-bond donors (Lipinski definition) is 3. The van der Waals surface area contributed by atoms with E-state index in [2.05, 4.69) is 0 Å². The van der Waals surface area contributed by atoms with E-state index in [4.69, 9.17) is 4.74 Å². The Morgan fingerprint density at radius 2 is 1.64 bits per heavy atom. The smallest absolute Gasteiger partial charge is 0.407 e. The van der Waals surface area contributed by atoms with E-state index in [1.54, 1.807) is 30.3 Å². The van der Waals surface area contributed by atoms with Crippen LogP contribution < -0.4 is 9.46 Å². The van der Waals surface area contributed by atoms with Gasteiger partial charge in [-0.2, -0.15) is 0 Å². The number of ether oxygens (including phenoxy) is 1. The summed E-state index contributed by atoms with van der Waals surface area (Å²) >= 11 is 0. The largest absolute Gasteiger partial charge is 0.490 e. The molecule has 4 rings (SSSR count). The van der Waals surface area contributed by atoms with Crippen molar-refractivity contribution in [1.82, 2.24) is 9.62 Å². The number of sulfonamides is 1. The van der Waals surface area contributed by atoms with E-state index in [1.165, 1.54) is 4.90 Å². The van der Waals surface area contributed by atoms with Crippen molar-refractivity contribution in [2.75, 3.05) is 19.3 Å². The first-order valence-corrected chi connectivity index (χ1v) is 16.1. The van der Waals surface area contributed by atoms with Gasteiger partial charge in [-0.05, 0) is 72.9 Å². The summed E-state index contributed by atoms with van der Waals surface area (Å²) in [6.45, 7) is 0.293. The van der Waals surface area contributed by atoms with Crippen LogP contribution in [0.15, 0.2) is 72.8 Å². The summed E-state index contributed by atoms with van der Waals surface area (Å²) in [5.41, 5.74) is 3.62. The van der Waals surface area contributed by atoms with Gasteiger partial charge in [0, 0.05) is 6.54 Å². The van der Waals surface area contributed by atoms with Gasteiger partial charge in [-0.1, -0.05) is 67.1 Å². The third-order valence-corrected chi connectivity index (χ3v) is 7.94. The zero-order valence-electron chi connectivity index (χ0n) is 23.7. The van der Waals surface area contributed by atoms with Gasteiger partial charge < -0.3 is 19.8 Å². The minimum absolute atomic E-state index is 0.00174. The van der Waals surface area contributed by atoms with E-state index >= 15 is 0 Å². The molecule has 3 N–H and O–H groups in total. The fourth-order valence-electron chi connectivity index (χ4n) is 5.17. The summed E-state index contributed by atoms with van der Waals surface area (Å²) < 4.78 is 31.6. The fraction of sp³-hybridized carbons (Fsp3) is 0.375. The zero-order valence-corrected chi connectivity index (χ0v) is 24.6. The average molecular weight is 595 g/mol. The number of benzene rings is 3. The van der Waals surface area contributed by atoms with E-state index in [1.807, 2.05) is 47.2 Å². The molecular weight excluding hydrogens is 556 g/mol. The van der Waals surface area contributed by atoms with Crippen LogP contribution in [0.5, 0.6) is 5.75 Å². The number of amides is 2. The Kier molecular flexibility index (Phi) is 10.6. The van der Waals surface area contributed by atoms with Crippen LogP contribution in [0.25, 0.3) is 11.1 Å². The number of nitrogens with zero attached hydrogens (tertiary/aromatic N) is 1. The second-order valence-corrected chi connectivity index (χ2v) is 12.5. The Hall–Kier alpha value is -3.89. The minimum Gasteiger partial charge on any atom is -0.490 e. The van der Waals surface area contributed by atoms with Crippen LogP contribution in [0, 0.1) is 0 Å². The summed E-state index contributed by atoms with van der Waals surface area (Å²) in [6, 6.07) is 22.0. The number of carboxylic acid groups (broad SMARTS) is 1. The lowest BCUT2D eigenvalue weighted by Crippen LogP contribution is -2.34. The topological polar surface area (TPSA) is 133 Å². The number of hydrogen-bond acceptors (Lipinski definition) is 6. The van der Waals surface area contributed by atoms with Crippen molar-refractivity contribution >= 4 is 22.0 Å². The van der Waals surface area contributed by atoms with Crippen LogP contribution in [0.3, 0.4) is 0 Å². The number of aliphatic hydroxyl groups excluding tert-OH is 1. The van der Waals surface area contributed by atoms with E-state index < -0.39 is 28.1 Å². The highest BCUT2D eigenvalue weighted by molar-refractivity contribution is 7.89. The number of carbonyl (C=O) groups excluding carboxylic acids is 1. The Balaban J connectivity index is 1.42. The fourth-order valence-corrected chi connectivity index (χ4v) is 5.61. The Morgan fingerprint density at radius 1 is 0.976 bits per heavy atom. The molecule has 3 aromatic rings. The van der Waals surface area contributed by atoms with E-state index in [-0.39, 0.29) is 18.2 Å². The van der Waals surface area contributed by atoms with Crippen LogP contribution >= 0.6 is 0 Å². The molecule has 1 aliphatic carbocycles. The molecule has 0 saturated heterocycles. The van der Waals surface area contributed by atoms with Gasteiger partial charge in [0.2, 0.25) is 10.0 Å². The highest BCUT2D eigenvalue weighted by atomic mass is 32.2. The zero-order chi connectivity index (χ0) is 30.1. The van der Waals surface area contributed by atoms with Crippen molar-refractivity contribution in [2.45, 2.75) is 57.2 Å².